The van der Waals surface area contributed by atoms with E-state index in [9.17, 15) is 0 Å². The third kappa shape index (κ3) is 5.23. The van der Waals surface area contributed by atoms with Gasteiger partial charge in [0, 0.05) is 18.2 Å². The van der Waals surface area contributed by atoms with Crippen LogP contribution in [-0.4, -0.2) is 23.7 Å². The topological polar surface area (TPSA) is 62.5 Å². The molecule has 20 heavy (non-hydrogen) atoms. The summed E-state index contributed by atoms with van der Waals surface area (Å²) in [6.07, 6.45) is 3.39. The van der Waals surface area contributed by atoms with Gasteiger partial charge in [0.15, 0.2) is 5.96 Å². The molecule has 0 aliphatic carbocycles. The first-order chi connectivity index (χ1) is 9.58. The highest BCUT2D eigenvalue weighted by Crippen LogP contribution is 2.13. The Kier molecular flexibility index (Phi) is 7.12. The lowest BCUT2D eigenvalue weighted by Crippen LogP contribution is -2.42. The average Bonchev–Trinajstić information content (AvgIpc) is 2.75. The summed E-state index contributed by atoms with van der Waals surface area (Å²) >= 11 is 0. The van der Waals surface area contributed by atoms with Crippen LogP contribution >= 0.6 is 0 Å². The van der Waals surface area contributed by atoms with Gasteiger partial charge in [-0.3, -0.25) is 0 Å². The van der Waals surface area contributed by atoms with Gasteiger partial charge in [-0.05, 0) is 33.6 Å². The Labute approximate surface area is 122 Å². The van der Waals surface area contributed by atoms with Crippen molar-refractivity contribution in [2.24, 2.45) is 4.99 Å². The van der Waals surface area contributed by atoms with Crippen molar-refractivity contribution in [3.63, 3.8) is 0 Å². The van der Waals surface area contributed by atoms with Gasteiger partial charge in [-0.15, -0.1) is 0 Å². The van der Waals surface area contributed by atoms with E-state index < -0.39 is 0 Å². The highest BCUT2D eigenvalue weighted by Gasteiger charge is 2.09. The van der Waals surface area contributed by atoms with E-state index in [0.29, 0.717) is 12.6 Å². The van der Waals surface area contributed by atoms with Crippen molar-refractivity contribution >= 4 is 5.96 Å². The predicted octanol–water partition coefficient (Wildman–Crippen LogP) is 2.93. The second kappa shape index (κ2) is 8.61. The lowest BCUT2D eigenvalue weighted by molar-refractivity contribution is 0.392. The molecule has 1 atom stereocenters. The molecular weight excluding hydrogens is 252 g/mol. The van der Waals surface area contributed by atoms with Crippen LogP contribution in [0.2, 0.25) is 0 Å². The Morgan fingerprint density at radius 2 is 2.10 bits per heavy atom. The Morgan fingerprint density at radius 1 is 1.35 bits per heavy atom. The summed E-state index contributed by atoms with van der Waals surface area (Å²) in [5.74, 6) is 1.72. The molecule has 0 unspecified atom stereocenters. The summed E-state index contributed by atoms with van der Waals surface area (Å²) in [4.78, 5) is 4.64. The Balaban J connectivity index is 2.67. The standard InChI is InChI=1S/C15H28N4O/c1-6-8-9-16-15(18-11(3)7-2)17-10-14-12(4)19-20-13(14)5/h11H,6-10H2,1-5H3,(H2,16,17,18)/t11-/m0/s1. The number of guanidine groups is 1. The molecule has 114 valence electrons. The molecule has 0 fully saturated rings. The maximum Gasteiger partial charge on any atom is 0.191 e. The summed E-state index contributed by atoms with van der Waals surface area (Å²) in [5.41, 5.74) is 1.99. The molecule has 1 aromatic heterocycles. The molecule has 1 aromatic rings. The maximum atomic E-state index is 5.17. The van der Waals surface area contributed by atoms with Crippen LogP contribution in [0, 0.1) is 13.8 Å². The Morgan fingerprint density at radius 3 is 2.65 bits per heavy atom. The molecule has 5 heteroatoms. The van der Waals surface area contributed by atoms with Crippen LogP contribution in [0.5, 0.6) is 0 Å². The van der Waals surface area contributed by atoms with Gasteiger partial charge in [-0.25, -0.2) is 4.99 Å². The summed E-state index contributed by atoms with van der Waals surface area (Å²) in [7, 11) is 0. The normalized spacial score (nSPS) is 13.3. The predicted molar refractivity (Wildman–Crippen MR) is 82.9 cm³/mol. The third-order valence-corrected chi connectivity index (χ3v) is 3.39. The van der Waals surface area contributed by atoms with E-state index in [-0.39, 0.29) is 0 Å². The van der Waals surface area contributed by atoms with E-state index in [4.69, 9.17) is 4.52 Å². The number of aliphatic imine (C=N–C) groups is 1. The smallest absolute Gasteiger partial charge is 0.191 e. The van der Waals surface area contributed by atoms with E-state index >= 15 is 0 Å². The minimum absolute atomic E-state index is 0.410. The molecular formula is C15H28N4O. The lowest BCUT2D eigenvalue weighted by Gasteiger charge is -2.16. The first-order valence-corrected chi connectivity index (χ1v) is 7.55. The van der Waals surface area contributed by atoms with Gasteiger partial charge in [-0.1, -0.05) is 25.4 Å². The molecule has 0 spiro atoms. The monoisotopic (exact) mass is 280 g/mol. The molecule has 1 rings (SSSR count). The summed E-state index contributed by atoms with van der Waals surface area (Å²) in [5, 5.41) is 10.8. The molecule has 0 bridgehead atoms. The first-order valence-electron chi connectivity index (χ1n) is 7.55. The number of unbranched alkanes of at least 4 members (excludes halogenated alkanes) is 1. The lowest BCUT2D eigenvalue weighted by atomic mass is 10.2. The third-order valence-electron chi connectivity index (χ3n) is 3.39. The van der Waals surface area contributed by atoms with Crippen molar-refractivity contribution in [1.82, 2.24) is 15.8 Å². The number of rotatable bonds is 7. The van der Waals surface area contributed by atoms with Gasteiger partial charge in [-0.2, -0.15) is 0 Å². The molecule has 0 saturated carbocycles. The largest absolute Gasteiger partial charge is 0.361 e. The van der Waals surface area contributed by atoms with E-state index in [1.54, 1.807) is 0 Å². The molecule has 5 nitrogen and oxygen atoms in total. The van der Waals surface area contributed by atoms with E-state index in [2.05, 4.69) is 41.6 Å². The first kappa shape index (κ1) is 16.5. The van der Waals surface area contributed by atoms with Crippen LogP contribution in [0.25, 0.3) is 0 Å². The van der Waals surface area contributed by atoms with Crippen LogP contribution in [0.15, 0.2) is 9.52 Å². The van der Waals surface area contributed by atoms with E-state index in [1.807, 2.05) is 13.8 Å². The fourth-order valence-electron chi connectivity index (χ4n) is 1.76. The molecule has 0 aliphatic rings. The minimum atomic E-state index is 0.410. The summed E-state index contributed by atoms with van der Waals surface area (Å²) in [6.45, 7) is 11.9. The van der Waals surface area contributed by atoms with Gasteiger partial charge in [0.25, 0.3) is 0 Å². The van der Waals surface area contributed by atoms with Crippen molar-refractivity contribution in [3.8, 4) is 0 Å². The fourth-order valence-corrected chi connectivity index (χ4v) is 1.76. The molecule has 1 heterocycles. The molecule has 0 amide bonds. The van der Waals surface area contributed by atoms with E-state index in [0.717, 1.165) is 42.4 Å². The van der Waals surface area contributed by atoms with Crippen LogP contribution in [-0.2, 0) is 6.54 Å². The van der Waals surface area contributed by atoms with E-state index in [1.165, 1.54) is 6.42 Å². The summed E-state index contributed by atoms with van der Waals surface area (Å²) < 4.78 is 5.17. The van der Waals surface area contributed by atoms with Crippen LogP contribution in [0.3, 0.4) is 0 Å². The number of nitrogens with zero attached hydrogens (tertiary/aromatic N) is 2. The quantitative estimate of drug-likeness (QED) is 0.458. The highest BCUT2D eigenvalue weighted by atomic mass is 16.5. The summed E-state index contributed by atoms with van der Waals surface area (Å²) in [6, 6.07) is 0.410. The van der Waals surface area contributed by atoms with Crippen LogP contribution < -0.4 is 10.6 Å². The van der Waals surface area contributed by atoms with Gasteiger partial charge in [0.2, 0.25) is 0 Å². The van der Waals surface area contributed by atoms with Gasteiger partial charge in [0.05, 0.1) is 12.2 Å². The van der Waals surface area contributed by atoms with Crippen molar-refractivity contribution in [2.45, 2.75) is 66.5 Å². The number of nitrogens with one attached hydrogen (secondary N) is 2. The Hall–Kier alpha value is -1.52. The average molecular weight is 280 g/mol. The zero-order valence-corrected chi connectivity index (χ0v) is 13.4. The number of hydrogen-bond acceptors (Lipinski definition) is 3. The molecule has 2 N–H and O–H groups in total. The second-order valence-corrected chi connectivity index (χ2v) is 5.20. The van der Waals surface area contributed by atoms with Crippen molar-refractivity contribution in [2.75, 3.05) is 6.54 Å². The SMILES string of the molecule is CCCCNC(=NCc1c(C)noc1C)N[C@@H](C)CC. The van der Waals surface area contributed by atoms with Gasteiger partial charge >= 0.3 is 0 Å². The van der Waals surface area contributed by atoms with Gasteiger partial charge in [0.1, 0.15) is 5.76 Å². The second-order valence-electron chi connectivity index (χ2n) is 5.20. The molecule has 0 saturated heterocycles. The number of aryl methyl sites for hydroxylation is 2. The fraction of sp³-hybridized carbons (Fsp3) is 0.733. The van der Waals surface area contributed by atoms with Crippen molar-refractivity contribution in [3.05, 3.63) is 17.0 Å². The molecule has 0 aliphatic heterocycles. The van der Waals surface area contributed by atoms with Crippen molar-refractivity contribution in [1.29, 1.82) is 0 Å². The van der Waals surface area contributed by atoms with Crippen LogP contribution in [0.1, 0.15) is 57.1 Å². The van der Waals surface area contributed by atoms with Crippen LogP contribution in [0.4, 0.5) is 0 Å². The maximum absolute atomic E-state index is 5.17. The number of aromatic nitrogens is 1. The Bertz CT molecular complexity index is 406. The minimum Gasteiger partial charge on any atom is -0.361 e. The zero-order chi connectivity index (χ0) is 15.0. The molecule has 0 aromatic carbocycles. The molecule has 0 radical (unpaired) electrons. The van der Waals surface area contributed by atoms with Crippen molar-refractivity contribution < 1.29 is 4.52 Å². The highest BCUT2D eigenvalue weighted by molar-refractivity contribution is 5.80. The van der Waals surface area contributed by atoms with Gasteiger partial charge < -0.3 is 15.2 Å². The number of hydrogen-bond donors (Lipinski definition) is 2. The zero-order valence-electron chi connectivity index (χ0n) is 13.4.